The second-order valence-electron chi connectivity index (χ2n) is 3.98. The summed E-state index contributed by atoms with van der Waals surface area (Å²) in [6, 6.07) is 10.00. The van der Waals surface area contributed by atoms with Crippen molar-refractivity contribution in [2.75, 3.05) is 13.2 Å². The molecule has 1 unspecified atom stereocenters. The minimum atomic E-state index is -0.143. The van der Waals surface area contributed by atoms with E-state index in [1.165, 1.54) is 0 Å². The third kappa shape index (κ3) is 5.50. The van der Waals surface area contributed by atoms with Crippen LogP contribution in [-0.4, -0.2) is 19.2 Å². The summed E-state index contributed by atoms with van der Waals surface area (Å²) in [5.74, 6) is -0.235. The highest BCUT2D eigenvalue weighted by molar-refractivity contribution is 5.71. The normalized spacial score (nSPS) is 12.1. The highest BCUT2D eigenvalue weighted by atomic mass is 16.5. The topological polar surface area (TPSA) is 35.5 Å². The predicted molar refractivity (Wildman–Crippen MR) is 66.5 cm³/mol. The Morgan fingerprint density at radius 3 is 2.65 bits per heavy atom. The second-order valence-corrected chi connectivity index (χ2v) is 3.98. The van der Waals surface area contributed by atoms with Gasteiger partial charge in [0.1, 0.15) is 0 Å². The molecule has 0 aliphatic heterocycles. The van der Waals surface area contributed by atoms with E-state index in [2.05, 4.69) is 0 Å². The first-order valence-corrected chi connectivity index (χ1v) is 6.02. The number of hydrogen-bond acceptors (Lipinski definition) is 3. The Morgan fingerprint density at radius 1 is 1.29 bits per heavy atom. The van der Waals surface area contributed by atoms with E-state index in [1.807, 2.05) is 44.2 Å². The Hall–Kier alpha value is -1.35. The van der Waals surface area contributed by atoms with Crippen molar-refractivity contribution in [2.45, 2.75) is 26.9 Å². The van der Waals surface area contributed by atoms with E-state index in [4.69, 9.17) is 9.47 Å². The summed E-state index contributed by atoms with van der Waals surface area (Å²) in [6.07, 6.45) is 0.700. The van der Waals surface area contributed by atoms with Crippen LogP contribution in [0.1, 0.15) is 25.8 Å². The van der Waals surface area contributed by atoms with Gasteiger partial charge in [0.15, 0.2) is 0 Å². The number of benzene rings is 1. The van der Waals surface area contributed by atoms with Gasteiger partial charge in [0, 0.05) is 6.61 Å². The Labute approximate surface area is 103 Å². The fourth-order valence-corrected chi connectivity index (χ4v) is 1.43. The maximum Gasteiger partial charge on any atom is 0.308 e. The highest BCUT2D eigenvalue weighted by Crippen LogP contribution is 2.06. The van der Waals surface area contributed by atoms with Crippen LogP contribution in [0, 0.1) is 5.92 Å². The first-order valence-electron chi connectivity index (χ1n) is 6.02. The Balaban J connectivity index is 2.14. The fourth-order valence-electron chi connectivity index (χ4n) is 1.43. The molecule has 94 valence electrons. The second kappa shape index (κ2) is 7.85. The molecule has 0 aliphatic rings. The molecule has 1 rings (SSSR count). The van der Waals surface area contributed by atoms with Gasteiger partial charge in [-0.3, -0.25) is 4.79 Å². The van der Waals surface area contributed by atoms with Crippen LogP contribution in [0.4, 0.5) is 0 Å². The molecule has 0 saturated carbocycles. The van der Waals surface area contributed by atoms with Gasteiger partial charge in [0.2, 0.25) is 0 Å². The summed E-state index contributed by atoms with van der Waals surface area (Å²) >= 11 is 0. The van der Waals surface area contributed by atoms with Gasteiger partial charge in [-0.2, -0.15) is 0 Å². The summed E-state index contributed by atoms with van der Waals surface area (Å²) in [5.41, 5.74) is 1.15. The smallest absolute Gasteiger partial charge is 0.308 e. The van der Waals surface area contributed by atoms with Gasteiger partial charge in [-0.1, -0.05) is 37.3 Å². The molecule has 3 nitrogen and oxygen atoms in total. The predicted octanol–water partition coefficient (Wildman–Crippen LogP) is 2.79. The third-order valence-electron chi connectivity index (χ3n) is 2.50. The largest absolute Gasteiger partial charge is 0.466 e. The van der Waals surface area contributed by atoms with Crippen LogP contribution in [0.3, 0.4) is 0 Å². The molecule has 0 bridgehead atoms. The number of rotatable bonds is 7. The van der Waals surface area contributed by atoms with E-state index >= 15 is 0 Å². The minimum absolute atomic E-state index is 0.0919. The molecule has 0 saturated heterocycles. The maximum absolute atomic E-state index is 11.3. The zero-order chi connectivity index (χ0) is 12.5. The van der Waals surface area contributed by atoms with E-state index in [-0.39, 0.29) is 11.9 Å². The fraction of sp³-hybridized carbons (Fsp3) is 0.500. The lowest BCUT2D eigenvalue weighted by molar-refractivity contribution is -0.148. The zero-order valence-corrected chi connectivity index (χ0v) is 10.5. The van der Waals surface area contributed by atoms with E-state index in [9.17, 15) is 4.79 Å². The third-order valence-corrected chi connectivity index (χ3v) is 2.50. The van der Waals surface area contributed by atoms with E-state index in [0.717, 1.165) is 5.56 Å². The van der Waals surface area contributed by atoms with Gasteiger partial charge in [0.05, 0.1) is 19.1 Å². The molecule has 0 aromatic heterocycles. The maximum atomic E-state index is 11.3. The van der Waals surface area contributed by atoms with Crippen molar-refractivity contribution in [3.8, 4) is 0 Å². The van der Waals surface area contributed by atoms with Crippen molar-refractivity contribution >= 4 is 5.97 Å². The number of hydrogen-bond donors (Lipinski definition) is 0. The Bertz CT molecular complexity index is 321. The van der Waals surface area contributed by atoms with Crippen molar-refractivity contribution in [3.05, 3.63) is 35.9 Å². The molecular weight excluding hydrogens is 216 g/mol. The number of ether oxygens (including phenoxy) is 2. The molecule has 17 heavy (non-hydrogen) atoms. The van der Waals surface area contributed by atoms with E-state index in [0.29, 0.717) is 26.2 Å². The highest BCUT2D eigenvalue weighted by Gasteiger charge is 2.13. The summed E-state index contributed by atoms with van der Waals surface area (Å²) in [5, 5.41) is 0. The first kappa shape index (κ1) is 13.7. The van der Waals surface area contributed by atoms with Gasteiger partial charge in [-0.05, 0) is 18.9 Å². The lowest BCUT2D eigenvalue weighted by Crippen LogP contribution is -2.16. The molecule has 0 heterocycles. The van der Waals surface area contributed by atoms with Crippen molar-refractivity contribution in [1.82, 2.24) is 0 Å². The van der Waals surface area contributed by atoms with Crippen LogP contribution in [0.15, 0.2) is 30.3 Å². The van der Waals surface area contributed by atoms with Crippen molar-refractivity contribution in [3.63, 3.8) is 0 Å². The standard InChI is InChI=1S/C14H20O3/c1-3-17-14(15)12(2)9-10-16-11-13-7-5-4-6-8-13/h4-8,12H,3,9-11H2,1-2H3. The molecular formula is C14H20O3. The van der Waals surface area contributed by atoms with Gasteiger partial charge < -0.3 is 9.47 Å². The summed E-state index contributed by atoms with van der Waals surface area (Å²) in [7, 11) is 0. The van der Waals surface area contributed by atoms with Gasteiger partial charge in [-0.15, -0.1) is 0 Å². The zero-order valence-electron chi connectivity index (χ0n) is 10.5. The molecule has 0 aliphatic carbocycles. The van der Waals surface area contributed by atoms with Crippen LogP contribution in [0.25, 0.3) is 0 Å². The summed E-state index contributed by atoms with van der Waals surface area (Å²) < 4.78 is 10.4. The molecule has 3 heteroatoms. The lowest BCUT2D eigenvalue weighted by Gasteiger charge is -2.10. The molecule has 0 N–H and O–H groups in total. The van der Waals surface area contributed by atoms with Crippen LogP contribution in [-0.2, 0) is 20.9 Å². The van der Waals surface area contributed by atoms with Crippen LogP contribution >= 0.6 is 0 Å². The van der Waals surface area contributed by atoms with E-state index < -0.39 is 0 Å². The summed E-state index contributed by atoms with van der Waals surface area (Å²) in [6.45, 7) is 5.29. The van der Waals surface area contributed by atoms with E-state index in [1.54, 1.807) is 0 Å². The van der Waals surface area contributed by atoms with Gasteiger partial charge in [0.25, 0.3) is 0 Å². The lowest BCUT2D eigenvalue weighted by atomic mass is 10.1. The average molecular weight is 236 g/mol. The van der Waals surface area contributed by atoms with Gasteiger partial charge >= 0.3 is 5.97 Å². The van der Waals surface area contributed by atoms with Crippen molar-refractivity contribution in [2.24, 2.45) is 5.92 Å². The van der Waals surface area contributed by atoms with Crippen molar-refractivity contribution < 1.29 is 14.3 Å². The molecule has 0 fully saturated rings. The molecule has 1 aromatic carbocycles. The average Bonchev–Trinajstić information content (AvgIpc) is 2.36. The SMILES string of the molecule is CCOC(=O)C(C)CCOCc1ccccc1. The number of esters is 1. The van der Waals surface area contributed by atoms with Crippen LogP contribution < -0.4 is 0 Å². The Morgan fingerprint density at radius 2 is 2.00 bits per heavy atom. The minimum Gasteiger partial charge on any atom is -0.466 e. The molecule has 0 spiro atoms. The van der Waals surface area contributed by atoms with Crippen LogP contribution in [0.5, 0.6) is 0 Å². The molecule has 0 radical (unpaired) electrons. The van der Waals surface area contributed by atoms with Gasteiger partial charge in [-0.25, -0.2) is 0 Å². The monoisotopic (exact) mass is 236 g/mol. The number of carbonyl (C=O) groups excluding carboxylic acids is 1. The first-order chi connectivity index (χ1) is 8.24. The molecule has 1 aromatic rings. The van der Waals surface area contributed by atoms with Crippen LogP contribution in [0.2, 0.25) is 0 Å². The molecule has 0 amide bonds. The molecule has 1 atom stereocenters. The summed E-state index contributed by atoms with van der Waals surface area (Å²) in [4.78, 5) is 11.3. The quantitative estimate of drug-likeness (QED) is 0.539. The Kier molecular flexibility index (Phi) is 6.33. The number of carbonyl (C=O) groups is 1. The van der Waals surface area contributed by atoms with Crippen molar-refractivity contribution in [1.29, 1.82) is 0 Å².